The molecule has 132 valence electrons. The molecular weight excluding hydrogens is 344 g/mol. The number of aryl methyl sites for hydroxylation is 1. The molecule has 5 nitrogen and oxygen atoms in total. The van der Waals surface area contributed by atoms with E-state index in [9.17, 15) is 4.79 Å². The highest BCUT2D eigenvalue weighted by Crippen LogP contribution is 2.26. The van der Waals surface area contributed by atoms with Gasteiger partial charge in [-0.15, -0.1) is 0 Å². The number of nitriles is 1. The van der Waals surface area contributed by atoms with Crippen LogP contribution in [-0.4, -0.2) is 27.7 Å². The van der Waals surface area contributed by atoms with E-state index >= 15 is 0 Å². The first kappa shape index (κ1) is 18.0. The first-order valence-corrected chi connectivity index (χ1v) is 9.33. The average Bonchev–Trinajstić information content (AvgIpc) is 3.05. The number of rotatable bonds is 6. The highest BCUT2D eigenvalue weighted by Gasteiger charge is 2.23. The Hall–Kier alpha value is -2.78. The molecule has 1 aromatic heterocycles. The summed E-state index contributed by atoms with van der Waals surface area (Å²) in [5.74, 6) is -0.0328. The summed E-state index contributed by atoms with van der Waals surface area (Å²) in [6.45, 7) is 4.25. The third-order valence-electron chi connectivity index (χ3n) is 4.06. The molecule has 6 heteroatoms. The van der Waals surface area contributed by atoms with Gasteiger partial charge < -0.3 is 9.88 Å². The number of carbonyl (C=O) groups is 1. The fourth-order valence-electron chi connectivity index (χ4n) is 2.68. The van der Waals surface area contributed by atoms with Gasteiger partial charge in [-0.25, -0.2) is 4.98 Å². The van der Waals surface area contributed by atoms with Gasteiger partial charge in [0.1, 0.15) is 0 Å². The molecule has 2 aromatic carbocycles. The number of carbonyl (C=O) groups excluding carboxylic acids is 1. The number of nitrogens with one attached hydrogen (secondary N) is 1. The van der Waals surface area contributed by atoms with E-state index in [-0.39, 0.29) is 11.2 Å². The number of amides is 1. The third-order valence-corrected chi connectivity index (χ3v) is 5.03. The number of imidazole rings is 1. The minimum absolute atomic E-state index is 0.0328. The average molecular weight is 364 g/mol. The van der Waals surface area contributed by atoms with Crippen LogP contribution in [0.5, 0.6) is 0 Å². The molecule has 3 rings (SSSR count). The smallest absolute Gasteiger partial charge is 0.240 e. The number of aromatic nitrogens is 2. The molecule has 1 N–H and O–H groups in total. The normalized spacial score (nSPS) is 11.9. The first-order chi connectivity index (χ1) is 12.6. The van der Waals surface area contributed by atoms with Gasteiger partial charge >= 0.3 is 0 Å². The number of thioether (sulfide) groups is 1. The predicted molar refractivity (Wildman–Crippen MR) is 105 cm³/mol. The summed E-state index contributed by atoms with van der Waals surface area (Å²) < 4.78 is 0. The summed E-state index contributed by atoms with van der Waals surface area (Å²) in [6, 6.07) is 17.7. The number of hydrogen-bond acceptors (Lipinski definition) is 4. The van der Waals surface area contributed by atoms with Crippen LogP contribution in [-0.2, 0) is 4.79 Å². The SMILES string of the molecule is Cc1ccc(N(CCC#N)C(=O)C(C)Sc2nc3ccccc3[nH]2)cc1. The van der Waals surface area contributed by atoms with Crippen molar-refractivity contribution in [2.45, 2.75) is 30.7 Å². The van der Waals surface area contributed by atoms with E-state index in [2.05, 4.69) is 16.0 Å². The van der Waals surface area contributed by atoms with Crippen LogP contribution >= 0.6 is 11.8 Å². The Bertz CT molecular complexity index is 909. The van der Waals surface area contributed by atoms with Gasteiger partial charge in [0.25, 0.3) is 0 Å². The van der Waals surface area contributed by atoms with Crippen molar-refractivity contribution >= 4 is 34.4 Å². The van der Waals surface area contributed by atoms with E-state index in [0.717, 1.165) is 27.4 Å². The number of para-hydroxylation sites is 2. The lowest BCUT2D eigenvalue weighted by Gasteiger charge is -2.24. The Labute approximate surface area is 157 Å². The number of benzene rings is 2. The molecular formula is C20H20N4OS. The largest absolute Gasteiger partial charge is 0.333 e. The van der Waals surface area contributed by atoms with Crippen LogP contribution < -0.4 is 4.90 Å². The fraction of sp³-hybridized carbons (Fsp3) is 0.250. The number of hydrogen-bond donors (Lipinski definition) is 1. The van der Waals surface area contributed by atoms with Crippen LogP contribution in [0.15, 0.2) is 53.7 Å². The topological polar surface area (TPSA) is 72.8 Å². The molecule has 0 aliphatic heterocycles. The number of H-pyrrole nitrogens is 1. The van der Waals surface area contributed by atoms with Crippen LogP contribution in [0.4, 0.5) is 5.69 Å². The minimum atomic E-state index is -0.324. The molecule has 0 saturated carbocycles. The van der Waals surface area contributed by atoms with E-state index in [1.54, 1.807) is 4.90 Å². The zero-order valence-corrected chi connectivity index (χ0v) is 15.6. The van der Waals surface area contributed by atoms with E-state index in [1.165, 1.54) is 11.8 Å². The van der Waals surface area contributed by atoms with Gasteiger partial charge in [-0.1, -0.05) is 41.6 Å². The predicted octanol–water partition coefficient (Wildman–Crippen LogP) is 4.30. The molecule has 0 radical (unpaired) electrons. The summed E-state index contributed by atoms with van der Waals surface area (Å²) in [5, 5.41) is 9.33. The lowest BCUT2D eigenvalue weighted by atomic mass is 10.2. The van der Waals surface area contributed by atoms with Crippen molar-refractivity contribution in [1.82, 2.24) is 9.97 Å². The maximum atomic E-state index is 13.0. The summed E-state index contributed by atoms with van der Waals surface area (Å²) in [7, 11) is 0. The zero-order chi connectivity index (χ0) is 18.5. The Morgan fingerprint density at radius 1 is 1.27 bits per heavy atom. The van der Waals surface area contributed by atoms with Gasteiger partial charge in [0.2, 0.25) is 5.91 Å². The first-order valence-electron chi connectivity index (χ1n) is 8.45. The molecule has 0 bridgehead atoms. The monoisotopic (exact) mass is 364 g/mol. The summed E-state index contributed by atoms with van der Waals surface area (Å²) in [5.41, 5.74) is 3.78. The van der Waals surface area contributed by atoms with Crippen molar-refractivity contribution in [2.24, 2.45) is 0 Å². The van der Waals surface area contributed by atoms with Crippen LogP contribution in [0.2, 0.25) is 0 Å². The van der Waals surface area contributed by atoms with Gasteiger partial charge in [-0.05, 0) is 38.1 Å². The van der Waals surface area contributed by atoms with Crippen LogP contribution in [0, 0.1) is 18.3 Å². The molecule has 0 spiro atoms. The maximum Gasteiger partial charge on any atom is 0.240 e. The molecule has 1 atom stereocenters. The molecule has 0 aliphatic carbocycles. The van der Waals surface area contributed by atoms with Gasteiger partial charge in [0.15, 0.2) is 5.16 Å². The Morgan fingerprint density at radius 3 is 2.69 bits per heavy atom. The molecule has 0 saturated heterocycles. The fourth-order valence-corrected chi connectivity index (χ4v) is 3.56. The van der Waals surface area contributed by atoms with E-state index in [0.29, 0.717) is 13.0 Å². The quantitative estimate of drug-likeness (QED) is 0.662. The Kier molecular flexibility index (Phi) is 5.59. The minimum Gasteiger partial charge on any atom is -0.333 e. The van der Waals surface area contributed by atoms with Gasteiger partial charge in [-0.2, -0.15) is 5.26 Å². The number of fused-ring (bicyclic) bond motifs is 1. The van der Waals surface area contributed by atoms with E-state index in [1.807, 2.05) is 62.4 Å². The molecule has 1 amide bonds. The van der Waals surface area contributed by atoms with Crippen LogP contribution in [0.1, 0.15) is 18.9 Å². The van der Waals surface area contributed by atoms with Crippen molar-refractivity contribution in [1.29, 1.82) is 5.26 Å². The van der Waals surface area contributed by atoms with Crippen LogP contribution in [0.3, 0.4) is 0 Å². The molecule has 0 fully saturated rings. The van der Waals surface area contributed by atoms with E-state index in [4.69, 9.17) is 5.26 Å². The van der Waals surface area contributed by atoms with E-state index < -0.39 is 0 Å². The molecule has 26 heavy (non-hydrogen) atoms. The second-order valence-corrected chi connectivity index (χ2v) is 7.38. The second kappa shape index (κ2) is 8.07. The van der Waals surface area contributed by atoms with Crippen molar-refractivity contribution in [3.05, 3.63) is 54.1 Å². The Balaban J connectivity index is 1.78. The Morgan fingerprint density at radius 2 is 2.00 bits per heavy atom. The van der Waals surface area contributed by atoms with Crippen molar-refractivity contribution in [2.75, 3.05) is 11.4 Å². The molecule has 1 heterocycles. The maximum absolute atomic E-state index is 13.0. The molecule has 3 aromatic rings. The van der Waals surface area contributed by atoms with Gasteiger partial charge in [-0.3, -0.25) is 4.79 Å². The van der Waals surface area contributed by atoms with Crippen molar-refractivity contribution in [3.63, 3.8) is 0 Å². The number of aromatic amines is 1. The standard InChI is InChI=1S/C20H20N4OS/c1-14-8-10-16(11-9-14)24(13-5-12-21)19(25)15(2)26-20-22-17-6-3-4-7-18(17)23-20/h3-4,6-11,15H,5,13H2,1-2H3,(H,22,23). The van der Waals surface area contributed by atoms with Gasteiger partial charge in [0, 0.05) is 12.2 Å². The van der Waals surface area contributed by atoms with Gasteiger partial charge in [0.05, 0.1) is 28.8 Å². The molecule has 0 aliphatic rings. The molecule has 1 unspecified atom stereocenters. The van der Waals surface area contributed by atoms with Crippen LogP contribution in [0.25, 0.3) is 11.0 Å². The lowest BCUT2D eigenvalue weighted by Crippen LogP contribution is -2.37. The third kappa shape index (κ3) is 4.06. The second-order valence-electron chi connectivity index (χ2n) is 6.05. The summed E-state index contributed by atoms with van der Waals surface area (Å²) in [4.78, 5) is 22.5. The highest BCUT2D eigenvalue weighted by molar-refractivity contribution is 8.00. The highest BCUT2D eigenvalue weighted by atomic mass is 32.2. The number of nitrogens with zero attached hydrogens (tertiary/aromatic N) is 3. The number of anilines is 1. The summed E-state index contributed by atoms with van der Waals surface area (Å²) in [6.07, 6.45) is 0.293. The lowest BCUT2D eigenvalue weighted by molar-refractivity contribution is -0.117. The van der Waals surface area contributed by atoms with Crippen molar-refractivity contribution < 1.29 is 4.79 Å². The van der Waals surface area contributed by atoms with Crippen molar-refractivity contribution in [3.8, 4) is 6.07 Å². The summed E-state index contributed by atoms with van der Waals surface area (Å²) >= 11 is 1.40. The zero-order valence-electron chi connectivity index (χ0n) is 14.8.